The lowest BCUT2D eigenvalue weighted by molar-refractivity contribution is 0.0475. The van der Waals surface area contributed by atoms with Gasteiger partial charge in [-0.2, -0.15) is 5.26 Å². The average molecular weight is 222 g/mol. The van der Waals surface area contributed by atoms with Crippen LogP contribution in [0.25, 0.3) is 0 Å². The van der Waals surface area contributed by atoms with Gasteiger partial charge in [0.05, 0.1) is 17.6 Å². The maximum Gasteiger partial charge on any atom is 0.0726 e. The molecular weight excluding hydrogens is 200 g/mol. The van der Waals surface area contributed by atoms with Gasteiger partial charge in [-0.3, -0.25) is 0 Å². The maximum atomic E-state index is 9.50. The molecule has 2 unspecified atom stereocenters. The number of nitrogens with zero attached hydrogens (tertiary/aromatic N) is 1. The fraction of sp³-hybridized carbons (Fsp3) is 0.923. The Bertz CT molecular complexity index is 258. The van der Waals surface area contributed by atoms with Crippen LogP contribution in [0, 0.1) is 16.7 Å². The van der Waals surface area contributed by atoms with Crippen molar-refractivity contribution in [1.29, 1.82) is 5.26 Å². The Morgan fingerprint density at radius 3 is 2.50 bits per heavy atom. The van der Waals surface area contributed by atoms with E-state index in [-0.39, 0.29) is 5.41 Å². The summed E-state index contributed by atoms with van der Waals surface area (Å²) in [7, 11) is 1.77. The topological polar surface area (TPSA) is 45.0 Å². The smallest absolute Gasteiger partial charge is 0.0726 e. The van der Waals surface area contributed by atoms with E-state index in [4.69, 9.17) is 4.74 Å². The van der Waals surface area contributed by atoms with Crippen LogP contribution in [-0.2, 0) is 4.74 Å². The van der Waals surface area contributed by atoms with Gasteiger partial charge in [0.1, 0.15) is 0 Å². The van der Waals surface area contributed by atoms with Gasteiger partial charge in [-0.1, -0.05) is 19.3 Å². The highest BCUT2D eigenvalue weighted by Gasteiger charge is 2.41. The molecule has 0 amide bonds. The van der Waals surface area contributed by atoms with Crippen molar-refractivity contribution >= 4 is 0 Å². The van der Waals surface area contributed by atoms with E-state index in [9.17, 15) is 5.26 Å². The predicted octanol–water partition coefficient (Wildman–Crippen LogP) is 2.23. The summed E-state index contributed by atoms with van der Waals surface area (Å²) in [5.74, 6) is 0. The molecule has 0 aromatic carbocycles. The third-order valence-electron chi connectivity index (χ3n) is 4.34. The SMILES string of the molecule is COC1CCC(C2(C#N)CCCCC2)NC1. The molecule has 1 saturated heterocycles. The first-order chi connectivity index (χ1) is 7.80. The number of ether oxygens (including phenoxy) is 1. The maximum absolute atomic E-state index is 9.50. The third kappa shape index (κ3) is 2.23. The average Bonchev–Trinajstić information content (AvgIpc) is 2.39. The Balaban J connectivity index is 1.98. The zero-order chi connectivity index (χ0) is 11.4. The number of rotatable bonds is 2. The lowest BCUT2D eigenvalue weighted by Crippen LogP contribution is -2.51. The van der Waals surface area contributed by atoms with Gasteiger partial charge in [-0.15, -0.1) is 0 Å². The molecule has 1 aliphatic carbocycles. The third-order valence-corrected chi connectivity index (χ3v) is 4.34. The Kier molecular flexibility index (Phi) is 3.83. The molecule has 1 N–H and O–H groups in total. The van der Waals surface area contributed by atoms with E-state index in [1.165, 1.54) is 19.3 Å². The Hall–Kier alpha value is -0.590. The summed E-state index contributed by atoms with van der Waals surface area (Å²) in [6.07, 6.45) is 8.44. The fourth-order valence-corrected chi connectivity index (χ4v) is 3.22. The van der Waals surface area contributed by atoms with Crippen molar-refractivity contribution in [2.24, 2.45) is 5.41 Å². The lowest BCUT2D eigenvalue weighted by Gasteiger charge is -2.42. The van der Waals surface area contributed by atoms with E-state index < -0.39 is 0 Å². The minimum Gasteiger partial charge on any atom is -0.380 e. The summed E-state index contributed by atoms with van der Waals surface area (Å²) in [6, 6.07) is 3.01. The quantitative estimate of drug-likeness (QED) is 0.779. The molecule has 0 aromatic heterocycles. The monoisotopic (exact) mass is 222 g/mol. The first-order valence-corrected chi connectivity index (χ1v) is 6.48. The summed E-state index contributed by atoms with van der Waals surface area (Å²) < 4.78 is 5.35. The van der Waals surface area contributed by atoms with Crippen molar-refractivity contribution in [3.05, 3.63) is 0 Å². The number of hydrogen-bond donors (Lipinski definition) is 1. The van der Waals surface area contributed by atoms with Crippen molar-refractivity contribution in [2.75, 3.05) is 13.7 Å². The lowest BCUT2D eigenvalue weighted by atomic mass is 9.68. The molecule has 1 saturated carbocycles. The Morgan fingerprint density at radius 1 is 1.25 bits per heavy atom. The van der Waals surface area contributed by atoms with E-state index in [2.05, 4.69) is 11.4 Å². The first kappa shape index (κ1) is 11.9. The van der Waals surface area contributed by atoms with Crippen molar-refractivity contribution in [3.63, 3.8) is 0 Å². The fourth-order valence-electron chi connectivity index (χ4n) is 3.22. The zero-order valence-electron chi connectivity index (χ0n) is 10.2. The van der Waals surface area contributed by atoms with Crippen LogP contribution in [0.15, 0.2) is 0 Å². The summed E-state index contributed by atoms with van der Waals surface area (Å²) >= 11 is 0. The molecule has 2 fully saturated rings. The van der Waals surface area contributed by atoms with Crippen molar-refractivity contribution in [1.82, 2.24) is 5.32 Å². The molecule has 3 heteroatoms. The van der Waals surface area contributed by atoms with Crippen molar-refractivity contribution in [3.8, 4) is 6.07 Å². The molecule has 0 radical (unpaired) electrons. The van der Waals surface area contributed by atoms with Gasteiger partial charge in [0.2, 0.25) is 0 Å². The summed E-state index contributed by atoms with van der Waals surface area (Å²) in [6.45, 7) is 0.907. The zero-order valence-corrected chi connectivity index (χ0v) is 10.2. The highest BCUT2D eigenvalue weighted by molar-refractivity contribution is 5.08. The number of hydrogen-bond acceptors (Lipinski definition) is 3. The van der Waals surface area contributed by atoms with Crippen LogP contribution in [0.4, 0.5) is 0 Å². The van der Waals surface area contributed by atoms with Crippen molar-refractivity contribution < 1.29 is 4.74 Å². The van der Waals surface area contributed by atoms with Gasteiger partial charge < -0.3 is 10.1 Å². The van der Waals surface area contributed by atoms with Gasteiger partial charge in [-0.25, -0.2) is 0 Å². The second kappa shape index (κ2) is 5.16. The van der Waals surface area contributed by atoms with E-state index >= 15 is 0 Å². The van der Waals surface area contributed by atoms with Crippen LogP contribution in [-0.4, -0.2) is 25.8 Å². The van der Waals surface area contributed by atoms with Gasteiger partial charge in [0, 0.05) is 19.7 Å². The second-order valence-corrected chi connectivity index (χ2v) is 5.22. The Labute approximate surface area is 98.2 Å². The molecule has 3 nitrogen and oxygen atoms in total. The van der Waals surface area contributed by atoms with Crippen LogP contribution < -0.4 is 5.32 Å². The molecule has 16 heavy (non-hydrogen) atoms. The number of methoxy groups -OCH3 is 1. The van der Waals surface area contributed by atoms with Crippen molar-refractivity contribution in [2.45, 2.75) is 57.1 Å². The Morgan fingerprint density at radius 2 is 2.00 bits per heavy atom. The molecule has 0 aromatic rings. The highest BCUT2D eigenvalue weighted by Crippen LogP contribution is 2.41. The van der Waals surface area contributed by atoms with Crippen LogP contribution in [0.1, 0.15) is 44.9 Å². The summed E-state index contributed by atoms with van der Waals surface area (Å²) in [5.41, 5.74) is -0.0863. The van der Waals surface area contributed by atoms with Crippen LogP contribution in [0.3, 0.4) is 0 Å². The molecular formula is C13H22N2O. The molecule has 1 aliphatic heterocycles. The number of nitrogens with one attached hydrogen (secondary N) is 1. The van der Waals surface area contributed by atoms with Gasteiger partial charge >= 0.3 is 0 Å². The van der Waals surface area contributed by atoms with Gasteiger partial charge in [-0.05, 0) is 25.7 Å². The van der Waals surface area contributed by atoms with E-state index in [1.54, 1.807) is 7.11 Å². The summed E-state index contributed by atoms with van der Waals surface area (Å²) in [5, 5.41) is 13.0. The van der Waals surface area contributed by atoms with E-state index in [1.807, 2.05) is 0 Å². The van der Waals surface area contributed by atoms with E-state index in [0.29, 0.717) is 12.1 Å². The molecule has 2 atom stereocenters. The molecule has 2 rings (SSSR count). The first-order valence-electron chi connectivity index (χ1n) is 6.48. The van der Waals surface area contributed by atoms with Gasteiger partial charge in [0.25, 0.3) is 0 Å². The molecule has 0 spiro atoms. The minimum absolute atomic E-state index is 0.0863. The number of nitriles is 1. The predicted molar refractivity (Wildman–Crippen MR) is 63.0 cm³/mol. The summed E-state index contributed by atoms with van der Waals surface area (Å²) in [4.78, 5) is 0. The standard InChI is InChI=1S/C13H22N2O/c1-16-11-5-6-12(15-9-11)13(10-14)7-3-2-4-8-13/h11-12,15H,2-9H2,1H3. The normalized spacial score (nSPS) is 34.2. The van der Waals surface area contributed by atoms with Crippen LogP contribution in [0.2, 0.25) is 0 Å². The largest absolute Gasteiger partial charge is 0.380 e. The highest BCUT2D eigenvalue weighted by atomic mass is 16.5. The van der Waals surface area contributed by atoms with Crippen LogP contribution in [0.5, 0.6) is 0 Å². The van der Waals surface area contributed by atoms with E-state index in [0.717, 1.165) is 32.2 Å². The second-order valence-electron chi connectivity index (χ2n) is 5.22. The number of piperidine rings is 1. The molecule has 0 bridgehead atoms. The molecule has 90 valence electrons. The molecule has 1 heterocycles. The van der Waals surface area contributed by atoms with Crippen LogP contribution >= 0.6 is 0 Å². The van der Waals surface area contributed by atoms with Gasteiger partial charge in [0.15, 0.2) is 0 Å². The minimum atomic E-state index is -0.0863. The molecule has 2 aliphatic rings.